The molecule has 0 heterocycles. The Morgan fingerprint density at radius 1 is 1.38 bits per heavy atom. The maximum atomic E-state index is 11.2. The van der Waals surface area contributed by atoms with Crippen LogP contribution in [0.1, 0.15) is 34.6 Å². The van der Waals surface area contributed by atoms with E-state index in [0.29, 0.717) is 6.54 Å². The molecule has 0 rings (SSSR count). The minimum absolute atomic E-state index is 0.00646. The number of hydrogen-bond acceptors (Lipinski definition) is 3. The van der Waals surface area contributed by atoms with Gasteiger partial charge in [-0.1, -0.05) is 0 Å². The third-order valence-corrected chi connectivity index (χ3v) is 1.39. The first-order valence-electron chi connectivity index (χ1n) is 4.69. The van der Waals surface area contributed by atoms with E-state index in [4.69, 9.17) is 4.74 Å². The van der Waals surface area contributed by atoms with Crippen LogP contribution in [-0.4, -0.2) is 30.6 Å². The summed E-state index contributed by atoms with van der Waals surface area (Å²) in [5.41, 5.74) is -0.00646. The average molecular weight is 187 g/mol. The smallest absolute Gasteiger partial charge is 0.172 e. The monoisotopic (exact) mass is 187 g/mol. The summed E-state index contributed by atoms with van der Waals surface area (Å²) in [5.74, 6) is 0.101. The van der Waals surface area contributed by atoms with Gasteiger partial charge in [0.25, 0.3) is 0 Å². The largest absolute Gasteiger partial charge is 0.371 e. The van der Waals surface area contributed by atoms with E-state index in [1.165, 1.54) is 0 Å². The molecule has 0 atom stereocenters. The molecule has 0 saturated heterocycles. The number of rotatable bonds is 5. The number of Topliss-reactive ketones (excluding diaryl/α,β-unsaturated/α-hetero) is 1. The van der Waals surface area contributed by atoms with Crippen molar-refractivity contribution in [1.29, 1.82) is 0 Å². The molecule has 0 aliphatic rings. The van der Waals surface area contributed by atoms with E-state index in [0.717, 1.165) is 0 Å². The van der Waals surface area contributed by atoms with E-state index in [9.17, 15) is 4.79 Å². The second-order valence-electron chi connectivity index (χ2n) is 4.50. The number of nitrogens with one attached hydrogen (secondary N) is 1. The first-order valence-corrected chi connectivity index (χ1v) is 4.69. The average Bonchev–Trinajstić information content (AvgIpc) is 1.95. The quantitative estimate of drug-likeness (QED) is 0.706. The predicted molar refractivity (Wildman–Crippen MR) is 53.9 cm³/mol. The standard InChI is InChI=1S/C10H21NO2/c1-8(2)13-7-9(12)6-11-10(3,4)5/h8,11H,6-7H2,1-5H3. The van der Waals surface area contributed by atoms with Gasteiger partial charge in [-0.2, -0.15) is 0 Å². The molecule has 0 bridgehead atoms. The molecular formula is C10H21NO2. The Kier molecular flexibility index (Phi) is 5.18. The third kappa shape index (κ3) is 9.50. The number of carbonyl (C=O) groups excluding carboxylic acids is 1. The van der Waals surface area contributed by atoms with Crippen LogP contribution in [0.5, 0.6) is 0 Å². The summed E-state index contributed by atoms with van der Waals surface area (Å²) in [6, 6.07) is 0. The van der Waals surface area contributed by atoms with E-state index in [-0.39, 0.29) is 24.0 Å². The molecule has 3 heteroatoms. The zero-order valence-corrected chi connectivity index (χ0v) is 9.31. The highest BCUT2D eigenvalue weighted by atomic mass is 16.5. The lowest BCUT2D eigenvalue weighted by Crippen LogP contribution is -2.40. The van der Waals surface area contributed by atoms with Crippen LogP contribution in [0.25, 0.3) is 0 Å². The summed E-state index contributed by atoms with van der Waals surface area (Å²) in [5, 5.41) is 3.12. The van der Waals surface area contributed by atoms with Gasteiger partial charge in [-0.25, -0.2) is 0 Å². The Balaban J connectivity index is 3.53. The molecule has 13 heavy (non-hydrogen) atoms. The molecule has 0 fully saturated rings. The van der Waals surface area contributed by atoms with Crippen molar-refractivity contribution in [1.82, 2.24) is 5.32 Å². The molecule has 0 aromatic rings. The Bertz CT molecular complexity index is 159. The number of ether oxygens (including phenoxy) is 1. The second kappa shape index (κ2) is 5.35. The molecule has 0 saturated carbocycles. The second-order valence-corrected chi connectivity index (χ2v) is 4.50. The van der Waals surface area contributed by atoms with Gasteiger partial charge in [0.2, 0.25) is 0 Å². The highest BCUT2D eigenvalue weighted by Gasteiger charge is 2.11. The van der Waals surface area contributed by atoms with Crippen molar-refractivity contribution in [2.75, 3.05) is 13.2 Å². The van der Waals surface area contributed by atoms with Gasteiger partial charge < -0.3 is 10.1 Å². The molecule has 0 amide bonds. The maximum absolute atomic E-state index is 11.2. The Morgan fingerprint density at radius 2 is 1.92 bits per heavy atom. The summed E-state index contributed by atoms with van der Waals surface area (Å²) in [4.78, 5) is 11.2. The van der Waals surface area contributed by atoms with E-state index in [2.05, 4.69) is 5.32 Å². The minimum atomic E-state index is -0.00646. The summed E-state index contributed by atoms with van der Waals surface area (Å²) >= 11 is 0. The molecule has 0 aromatic heterocycles. The third-order valence-electron chi connectivity index (χ3n) is 1.39. The summed E-state index contributed by atoms with van der Waals surface area (Å²) < 4.78 is 5.18. The van der Waals surface area contributed by atoms with Crippen molar-refractivity contribution in [3.8, 4) is 0 Å². The Hall–Kier alpha value is -0.410. The lowest BCUT2D eigenvalue weighted by Gasteiger charge is -2.19. The van der Waals surface area contributed by atoms with Crippen LogP contribution in [0, 0.1) is 0 Å². The maximum Gasteiger partial charge on any atom is 0.172 e. The molecule has 78 valence electrons. The van der Waals surface area contributed by atoms with Crippen molar-refractivity contribution in [2.45, 2.75) is 46.3 Å². The van der Waals surface area contributed by atoms with Gasteiger partial charge in [-0.15, -0.1) is 0 Å². The minimum Gasteiger partial charge on any atom is -0.371 e. The predicted octanol–water partition coefficient (Wildman–Crippen LogP) is 1.37. The van der Waals surface area contributed by atoms with Gasteiger partial charge in [0, 0.05) is 5.54 Å². The number of carbonyl (C=O) groups is 1. The number of ketones is 1. The van der Waals surface area contributed by atoms with E-state index in [1.807, 2.05) is 34.6 Å². The first-order chi connectivity index (χ1) is 5.81. The first kappa shape index (κ1) is 12.6. The number of hydrogen-bond donors (Lipinski definition) is 1. The van der Waals surface area contributed by atoms with Crippen LogP contribution in [0.3, 0.4) is 0 Å². The van der Waals surface area contributed by atoms with E-state index in [1.54, 1.807) is 0 Å². The lowest BCUT2D eigenvalue weighted by atomic mass is 10.1. The van der Waals surface area contributed by atoms with E-state index < -0.39 is 0 Å². The highest BCUT2D eigenvalue weighted by molar-refractivity contribution is 5.81. The van der Waals surface area contributed by atoms with Crippen LogP contribution in [0.2, 0.25) is 0 Å². The van der Waals surface area contributed by atoms with Gasteiger partial charge in [0.1, 0.15) is 6.61 Å². The van der Waals surface area contributed by atoms with Crippen LogP contribution < -0.4 is 5.32 Å². The van der Waals surface area contributed by atoms with Gasteiger partial charge in [0.15, 0.2) is 5.78 Å². The van der Waals surface area contributed by atoms with Crippen LogP contribution >= 0.6 is 0 Å². The molecule has 0 spiro atoms. The fourth-order valence-corrected chi connectivity index (χ4v) is 0.674. The summed E-state index contributed by atoms with van der Waals surface area (Å²) in [6.07, 6.45) is 0.124. The fraction of sp³-hybridized carbons (Fsp3) is 0.900. The van der Waals surface area contributed by atoms with Gasteiger partial charge in [-0.3, -0.25) is 4.79 Å². The zero-order chi connectivity index (χ0) is 10.5. The molecule has 0 aliphatic carbocycles. The molecule has 0 unspecified atom stereocenters. The normalized spacial score (nSPS) is 12.2. The van der Waals surface area contributed by atoms with Crippen LogP contribution in [0.4, 0.5) is 0 Å². The Labute approximate surface area is 80.8 Å². The van der Waals surface area contributed by atoms with Crippen molar-refractivity contribution in [3.63, 3.8) is 0 Å². The van der Waals surface area contributed by atoms with Crippen molar-refractivity contribution < 1.29 is 9.53 Å². The molecule has 1 N–H and O–H groups in total. The van der Waals surface area contributed by atoms with Gasteiger partial charge in [0.05, 0.1) is 12.6 Å². The summed E-state index contributed by atoms with van der Waals surface area (Å²) in [7, 11) is 0. The van der Waals surface area contributed by atoms with Crippen molar-refractivity contribution >= 4 is 5.78 Å². The van der Waals surface area contributed by atoms with Crippen LogP contribution in [0.15, 0.2) is 0 Å². The van der Waals surface area contributed by atoms with E-state index >= 15 is 0 Å². The molecule has 3 nitrogen and oxygen atoms in total. The van der Waals surface area contributed by atoms with Gasteiger partial charge in [-0.05, 0) is 34.6 Å². The van der Waals surface area contributed by atoms with Crippen molar-refractivity contribution in [2.24, 2.45) is 0 Å². The SMILES string of the molecule is CC(C)OCC(=O)CNC(C)(C)C. The molecular weight excluding hydrogens is 166 g/mol. The highest BCUT2D eigenvalue weighted by Crippen LogP contribution is 1.97. The summed E-state index contributed by atoms with van der Waals surface area (Å²) in [6.45, 7) is 10.5. The molecule has 0 radical (unpaired) electrons. The Morgan fingerprint density at radius 3 is 2.31 bits per heavy atom. The lowest BCUT2D eigenvalue weighted by molar-refractivity contribution is -0.124. The molecule has 0 aliphatic heterocycles. The molecule has 0 aromatic carbocycles. The van der Waals surface area contributed by atoms with Gasteiger partial charge >= 0.3 is 0 Å². The topological polar surface area (TPSA) is 38.3 Å². The van der Waals surface area contributed by atoms with Crippen molar-refractivity contribution in [3.05, 3.63) is 0 Å². The van der Waals surface area contributed by atoms with Crippen LogP contribution in [-0.2, 0) is 9.53 Å². The fourth-order valence-electron chi connectivity index (χ4n) is 0.674. The zero-order valence-electron chi connectivity index (χ0n) is 9.31.